The van der Waals surface area contributed by atoms with Crippen molar-refractivity contribution in [2.45, 2.75) is 12.5 Å². The SMILES string of the molecule is COCCOCCOCCOc1ccc(C2=[NH+][C@@](C)(C(=O)O)CS2)c(O)c1.O=S(=O)([O-])O. The highest BCUT2D eigenvalue weighted by Gasteiger charge is 2.45. The number of methoxy groups -OCH3 is 1. The summed E-state index contributed by atoms with van der Waals surface area (Å²) < 4.78 is 53.9. The number of nitrogens with one attached hydrogen (secondary N) is 1. The smallest absolute Gasteiger partial charge is 0.376 e. The first-order valence-corrected chi connectivity index (χ1v) is 11.6. The van der Waals surface area contributed by atoms with Crippen molar-refractivity contribution in [3.63, 3.8) is 0 Å². The van der Waals surface area contributed by atoms with Gasteiger partial charge in [-0.15, -0.1) is 0 Å². The van der Waals surface area contributed by atoms with E-state index in [0.717, 1.165) is 0 Å². The quantitative estimate of drug-likeness (QED) is 0.155. The van der Waals surface area contributed by atoms with E-state index in [-0.39, 0.29) is 5.75 Å². The zero-order valence-electron chi connectivity index (χ0n) is 17.6. The minimum Gasteiger partial charge on any atom is -0.726 e. The van der Waals surface area contributed by atoms with Crippen LogP contribution in [0.4, 0.5) is 0 Å². The summed E-state index contributed by atoms with van der Waals surface area (Å²) in [7, 11) is -3.30. The van der Waals surface area contributed by atoms with Crippen LogP contribution in [-0.4, -0.2) is 96.8 Å². The molecule has 14 heteroatoms. The van der Waals surface area contributed by atoms with Crippen molar-refractivity contribution in [2.75, 3.05) is 52.5 Å². The number of carbonyl (C=O) groups is 1. The summed E-state index contributed by atoms with van der Waals surface area (Å²) in [6.45, 7) is 4.44. The predicted molar refractivity (Wildman–Crippen MR) is 113 cm³/mol. The highest BCUT2D eigenvalue weighted by atomic mass is 32.3. The average Bonchev–Trinajstić information content (AvgIpc) is 3.09. The topological polar surface area (TPSA) is 186 Å². The molecule has 1 aromatic carbocycles. The molecule has 4 N–H and O–H groups in total. The first kappa shape index (κ1) is 28.1. The lowest BCUT2D eigenvalue weighted by Gasteiger charge is -2.09. The molecule has 0 radical (unpaired) electrons. The van der Waals surface area contributed by atoms with Gasteiger partial charge in [0.15, 0.2) is 0 Å². The van der Waals surface area contributed by atoms with Gasteiger partial charge in [-0.1, -0.05) is 0 Å². The van der Waals surface area contributed by atoms with E-state index in [0.29, 0.717) is 61.8 Å². The second-order valence-corrected chi connectivity index (χ2v) is 8.39. The molecule has 0 saturated carbocycles. The summed E-state index contributed by atoms with van der Waals surface area (Å²) >= 11 is 1.37. The number of phenolic OH excluding ortho intramolecular Hbond substituents is 1. The molecular formula is C18H27NO11S2. The fraction of sp³-hybridized carbons (Fsp3) is 0.556. The number of phenols is 1. The van der Waals surface area contributed by atoms with Gasteiger partial charge in [-0.05, 0) is 23.9 Å². The number of aromatic hydroxyl groups is 1. The fourth-order valence-corrected chi connectivity index (χ4v) is 3.53. The third-order valence-corrected chi connectivity index (χ3v) is 5.21. The van der Waals surface area contributed by atoms with Crippen LogP contribution in [0.3, 0.4) is 0 Å². The molecule has 0 fully saturated rings. The molecule has 182 valence electrons. The van der Waals surface area contributed by atoms with Crippen LogP contribution in [0.5, 0.6) is 11.5 Å². The van der Waals surface area contributed by atoms with Crippen molar-refractivity contribution in [3.05, 3.63) is 23.8 Å². The Morgan fingerprint density at radius 2 is 1.75 bits per heavy atom. The molecule has 0 unspecified atom stereocenters. The Labute approximate surface area is 190 Å². The normalized spacial score (nSPS) is 17.9. The Morgan fingerprint density at radius 3 is 2.25 bits per heavy atom. The van der Waals surface area contributed by atoms with Crippen molar-refractivity contribution < 1.29 is 56.5 Å². The Bertz CT molecular complexity index is 868. The van der Waals surface area contributed by atoms with Crippen molar-refractivity contribution in [1.82, 2.24) is 0 Å². The van der Waals surface area contributed by atoms with Gasteiger partial charge < -0.3 is 33.7 Å². The number of rotatable bonds is 12. The van der Waals surface area contributed by atoms with Gasteiger partial charge in [-0.3, -0.25) is 4.55 Å². The lowest BCUT2D eigenvalue weighted by Crippen LogP contribution is -2.87. The number of ether oxygens (including phenoxy) is 4. The molecule has 32 heavy (non-hydrogen) atoms. The summed E-state index contributed by atoms with van der Waals surface area (Å²) in [5.74, 6) is 0.0148. The predicted octanol–water partition coefficient (Wildman–Crippen LogP) is -1.13. The van der Waals surface area contributed by atoms with Gasteiger partial charge in [0.2, 0.25) is 15.4 Å². The van der Waals surface area contributed by atoms with Gasteiger partial charge in [0.25, 0.3) is 5.54 Å². The second-order valence-electron chi connectivity index (χ2n) is 6.55. The molecule has 1 aliphatic rings. The standard InChI is InChI=1S/C18H25NO7S.H2O4S/c1-18(17(21)22)12-27-16(19-18)14-4-3-13(11-15(14)20)26-10-9-25-8-7-24-6-5-23-2;1-5(2,3)4/h3-4,11,20H,5-10,12H2,1-2H3,(H,21,22);(H2,1,2,3,4)/t18-;/m1./s1. The number of aliphatic carboxylic acids is 1. The van der Waals surface area contributed by atoms with E-state index in [1.165, 1.54) is 17.8 Å². The summed E-state index contributed by atoms with van der Waals surface area (Å²) in [5, 5.41) is 20.2. The molecule has 1 heterocycles. The Hall–Kier alpha value is -1.94. The van der Waals surface area contributed by atoms with Crippen molar-refractivity contribution in [2.24, 2.45) is 0 Å². The van der Waals surface area contributed by atoms with Crippen LogP contribution >= 0.6 is 11.8 Å². The second kappa shape index (κ2) is 13.6. The Balaban J connectivity index is 0.000000920. The van der Waals surface area contributed by atoms with Crippen LogP contribution in [-0.2, 0) is 29.4 Å². The summed E-state index contributed by atoms with van der Waals surface area (Å²) in [4.78, 5) is 14.3. The van der Waals surface area contributed by atoms with Crippen LogP contribution in [0.2, 0.25) is 0 Å². The van der Waals surface area contributed by atoms with Crippen LogP contribution in [0.15, 0.2) is 18.2 Å². The van der Waals surface area contributed by atoms with Crippen LogP contribution in [0.25, 0.3) is 0 Å². The number of carboxylic acid groups (broad SMARTS) is 1. The third kappa shape index (κ3) is 11.1. The highest BCUT2D eigenvalue weighted by Crippen LogP contribution is 2.28. The molecular weight excluding hydrogens is 470 g/mol. The van der Waals surface area contributed by atoms with Gasteiger partial charge >= 0.3 is 5.97 Å². The van der Waals surface area contributed by atoms with Crippen molar-refractivity contribution in [1.29, 1.82) is 0 Å². The van der Waals surface area contributed by atoms with Crippen molar-refractivity contribution in [3.8, 4) is 11.5 Å². The maximum Gasteiger partial charge on any atom is 0.376 e. The number of benzene rings is 1. The highest BCUT2D eigenvalue weighted by molar-refractivity contribution is 8.14. The van der Waals surface area contributed by atoms with Crippen molar-refractivity contribution >= 4 is 33.2 Å². The first-order valence-electron chi connectivity index (χ1n) is 9.26. The molecule has 2 rings (SSSR count). The fourth-order valence-electron chi connectivity index (χ4n) is 2.28. The van der Waals surface area contributed by atoms with E-state index in [1.54, 1.807) is 26.2 Å². The molecule has 1 aromatic rings. The largest absolute Gasteiger partial charge is 0.726 e. The minimum absolute atomic E-state index is 0.0320. The van der Waals surface area contributed by atoms with E-state index in [2.05, 4.69) is 4.99 Å². The van der Waals surface area contributed by atoms with E-state index < -0.39 is 21.9 Å². The lowest BCUT2D eigenvalue weighted by atomic mass is 10.1. The molecule has 0 amide bonds. The molecule has 0 aromatic heterocycles. The van der Waals surface area contributed by atoms with Crippen LogP contribution in [0, 0.1) is 0 Å². The lowest BCUT2D eigenvalue weighted by molar-refractivity contribution is -0.520. The van der Waals surface area contributed by atoms with Crippen LogP contribution in [0.1, 0.15) is 12.5 Å². The number of hydrogen-bond acceptors (Lipinski definition) is 10. The van der Waals surface area contributed by atoms with Gasteiger partial charge in [0, 0.05) is 20.1 Å². The minimum atomic E-state index is -4.92. The third-order valence-electron chi connectivity index (χ3n) is 3.88. The van der Waals surface area contributed by atoms with E-state index in [4.69, 9.17) is 36.5 Å². The molecule has 0 bridgehead atoms. The van der Waals surface area contributed by atoms with Gasteiger partial charge in [-0.25, -0.2) is 18.2 Å². The Morgan fingerprint density at radius 1 is 1.19 bits per heavy atom. The summed E-state index contributed by atoms with van der Waals surface area (Å²) in [5.41, 5.74) is -0.478. The number of carboxylic acids is 1. The van der Waals surface area contributed by atoms with Gasteiger partial charge in [0.05, 0.1) is 44.4 Å². The molecule has 1 atom stereocenters. The number of hydrogen-bond donors (Lipinski definition) is 4. The monoisotopic (exact) mass is 497 g/mol. The molecule has 12 nitrogen and oxygen atoms in total. The Kier molecular flexibility index (Phi) is 11.9. The zero-order valence-corrected chi connectivity index (χ0v) is 19.2. The molecule has 1 aliphatic heterocycles. The molecule has 0 spiro atoms. The summed E-state index contributed by atoms with van der Waals surface area (Å²) in [6.07, 6.45) is 0. The van der Waals surface area contributed by atoms with E-state index in [9.17, 15) is 15.0 Å². The van der Waals surface area contributed by atoms with Gasteiger partial charge in [0.1, 0.15) is 18.1 Å². The van der Waals surface area contributed by atoms with E-state index in [1.807, 2.05) is 0 Å². The number of thioether (sulfide) groups is 1. The van der Waals surface area contributed by atoms with Crippen LogP contribution < -0.4 is 9.73 Å². The molecule has 0 saturated heterocycles. The van der Waals surface area contributed by atoms with Gasteiger partial charge in [-0.2, -0.15) is 0 Å². The van der Waals surface area contributed by atoms with E-state index >= 15 is 0 Å². The first-order chi connectivity index (χ1) is 15.0. The maximum atomic E-state index is 11.3. The maximum absolute atomic E-state index is 11.3. The molecule has 0 aliphatic carbocycles. The zero-order chi connectivity index (χ0) is 24.2. The summed E-state index contributed by atoms with van der Waals surface area (Å²) in [6, 6.07) is 4.95. The average molecular weight is 498 g/mol.